The zero-order chi connectivity index (χ0) is 18.1. The van der Waals surface area contributed by atoms with Gasteiger partial charge in [-0.25, -0.2) is 4.68 Å². The second-order valence-corrected chi connectivity index (χ2v) is 5.89. The Bertz CT molecular complexity index is 944. The lowest BCUT2D eigenvalue weighted by atomic mass is 10.0. The van der Waals surface area contributed by atoms with E-state index in [-0.39, 0.29) is 6.04 Å². The Labute approximate surface area is 151 Å². The Balaban J connectivity index is 1.83. The fourth-order valence-electron chi connectivity index (χ4n) is 3.04. The molecule has 26 heavy (non-hydrogen) atoms. The number of nitrogens with one attached hydrogen (secondary N) is 1. The number of nitrogens with zero attached hydrogens (tertiary/aromatic N) is 3. The van der Waals surface area contributed by atoms with Crippen molar-refractivity contribution in [1.82, 2.24) is 14.8 Å². The van der Waals surface area contributed by atoms with Crippen molar-refractivity contribution in [3.8, 4) is 11.5 Å². The van der Waals surface area contributed by atoms with Gasteiger partial charge < -0.3 is 19.2 Å². The van der Waals surface area contributed by atoms with Gasteiger partial charge in [-0.3, -0.25) is 0 Å². The molecule has 1 aliphatic heterocycles. The molecule has 3 heterocycles. The summed E-state index contributed by atoms with van der Waals surface area (Å²) < 4.78 is 18.2. The Morgan fingerprint density at radius 2 is 2.04 bits per heavy atom. The molecule has 1 N–H and O–H groups in total. The summed E-state index contributed by atoms with van der Waals surface area (Å²) in [6.07, 6.45) is 4.48. The van der Waals surface area contributed by atoms with Crippen LogP contribution in [0.5, 0.6) is 11.5 Å². The van der Waals surface area contributed by atoms with Gasteiger partial charge in [0.1, 0.15) is 11.8 Å². The van der Waals surface area contributed by atoms with E-state index >= 15 is 0 Å². The normalized spacial score (nSPS) is 15.8. The van der Waals surface area contributed by atoms with Gasteiger partial charge in [-0.15, -0.1) is 0 Å². The molecule has 0 fully saturated rings. The number of furan rings is 1. The van der Waals surface area contributed by atoms with Crippen LogP contribution in [0, 0.1) is 0 Å². The smallest absolute Gasteiger partial charge is 0.226 e. The molecule has 2 aromatic heterocycles. The first-order valence-electron chi connectivity index (χ1n) is 8.43. The minimum Gasteiger partial charge on any atom is -0.493 e. The molecule has 1 aromatic carbocycles. The number of rotatable bonds is 5. The number of methoxy groups -OCH3 is 2. The summed E-state index contributed by atoms with van der Waals surface area (Å²) >= 11 is 0. The molecule has 7 heteroatoms. The van der Waals surface area contributed by atoms with Crippen molar-refractivity contribution in [3.05, 3.63) is 59.8 Å². The maximum absolute atomic E-state index is 5.55. The standard InChI is InChI=1S/C19H20N4O3/c1-4-18-21-19-20-13(15-6-5-9-26-15)11-14(23(19)22-18)12-7-8-16(24-2)17(10-12)25-3/h5-11,14H,4H2,1-3H3,(H,20,21,22). The molecule has 0 saturated carbocycles. The van der Waals surface area contributed by atoms with Crippen LogP contribution < -0.4 is 14.8 Å². The summed E-state index contributed by atoms with van der Waals surface area (Å²) in [6.45, 7) is 2.04. The van der Waals surface area contributed by atoms with Crippen LogP contribution in [-0.2, 0) is 6.42 Å². The number of aryl methyl sites for hydroxylation is 1. The van der Waals surface area contributed by atoms with Gasteiger partial charge in [-0.05, 0) is 35.9 Å². The third-order valence-corrected chi connectivity index (χ3v) is 4.36. The van der Waals surface area contributed by atoms with E-state index < -0.39 is 0 Å². The van der Waals surface area contributed by atoms with Gasteiger partial charge in [-0.1, -0.05) is 13.0 Å². The SMILES string of the molecule is CCc1nc2n(n1)C(c1ccc(OC)c(OC)c1)C=C(c1ccco1)N2. The Hall–Kier alpha value is -3.22. The molecular formula is C19H20N4O3. The van der Waals surface area contributed by atoms with Crippen LogP contribution >= 0.6 is 0 Å². The summed E-state index contributed by atoms with van der Waals surface area (Å²) in [7, 11) is 3.25. The molecule has 0 amide bonds. The highest BCUT2D eigenvalue weighted by Crippen LogP contribution is 2.36. The van der Waals surface area contributed by atoms with E-state index in [1.807, 2.05) is 41.9 Å². The van der Waals surface area contributed by atoms with Gasteiger partial charge in [-0.2, -0.15) is 10.1 Å². The highest BCUT2D eigenvalue weighted by atomic mass is 16.5. The lowest BCUT2D eigenvalue weighted by molar-refractivity contribution is 0.354. The topological polar surface area (TPSA) is 74.3 Å². The fourth-order valence-corrected chi connectivity index (χ4v) is 3.04. The average molecular weight is 352 g/mol. The van der Waals surface area contributed by atoms with Gasteiger partial charge in [0, 0.05) is 6.42 Å². The van der Waals surface area contributed by atoms with Crippen LogP contribution in [0.3, 0.4) is 0 Å². The van der Waals surface area contributed by atoms with E-state index in [0.717, 1.165) is 29.3 Å². The van der Waals surface area contributed by atoms with Crippen LogP contribution in [0.1, 0.15) is 30.1 Å². The van der Waals surface area contributed by atoms with Crippen molar-refractivity contribution >= 4 is 11.6 Å². The van der Waals surface area contributed by atoms with Crippen molar-refractivity contribution in [2.45, 2.75) is 19.4 Å². The second kappa shape index (κ2) is 6.59. The van der Waals surface area contributed by atoms with Crippen LogP contribution in [0.2, 0.25) is 0 Å². The summed E-state index contributed by atoms with van der Waals surface area (Å²) in [5.74, 6) is 3.59. The molecule has 134 valence electrons. The molecule has 0 saturated heterocycles. The van der Waals surface area contributed by atoms with Crippen molar-refractivity contribution in [1.29, 1.82) is 0 Å². The number of hydrogen-bond donors (Lipinski definition) is 1. The summed E-state index contributed by atoms with van der Waals surface area (Å²) in [5.41, 5.74) is 1.87. The van der Waals surface area contributed by atoms with Crippen molar-refractivity contribution in [2.24, 2.45) is 0 Å². The first-order chi connectivity index (χ1) is 12.7. The summed E-state index contributed by atoms with van der Waals surface area (Å²) in [5, 5.41) is 7.94. The lowest BCUT2D eigenvalue weighted by Gasteiger charge is -2.24. The number of anilines is 1. The molecule has 0 aliphatic carbocycles. The molecule has 1 atom stereocenters. The molecule has 0 radical (unpaired) electrons. The van der Waals surface area contributed by atoms with Crippen molar-refractivity contribution in [3.63, 3.8) is 0 Å². The van der Waals surface area contributed by atoms with Gasteiger partial charge in [0.05, 0.1) is 26.2 Å². The van der Waals surface area contributed by atoms with Crippen LogP contribution in [0.15, 0.2) is 47.1 Å². The van der Waals surface area contributed by atoms with Crippen molar-refractivity contribution < 1.29 is 13.9 Å². The first kappa shape index (κ1) is 16.3. The average Bonchev–Trinajstić information content (AvgIpc) is 3.35. The molecule has 0 spiro atoms. The summed E-state index contributed by atoms with van der Waals surface area (Å²) in [6, 6.07) is 9.50. The predicted molar refractivity (Wildman–Crippen MR) is 97.4 cm³/mol. The van der Waals surface area contributed by atoms with Crippen molar-refractivity contribution in [2.75, 3.05) is 19.5 Å². The van der Waals surface area contributed by atoms with Crippen LogP contribution in [0.25, 0.3) is 5.70 Å². The quantitative estimate of drug-likeness (QED) is 0.757. The van der Waals surface area contributed by atoms with Gasteiger partial charge in [0.15, 0.2) is 17.3 Å². The third kappa shape index (κ3) is 2.71. The Morgan fingerprint density at radius 1 is 1.19 bits per heavy atom. The second-order valence-electron chi connectivity index (χ2n) is 5.89. The maximum Gasteiger partial charge on any atom is 0.226 e. The molecule has 3 aromatic rings. The Kier molecular flexibility index (Phi) is 4.12. The van der Waals surface area contributed by atoms with E-state index in [0.29, 0.717) is 17.4 Å². The Morgan fingerprint density at radius 3 is 2.73 bits per heavy atom. The minimum atomic E-state index is -0.140. The number of hydrogen-bond acceptors (Lipinski definition) is 6. The molecule has 4 rings (SSSR count). The van der Waals surface area contributed by atoms with E-state index in [9.17, 15) is 0 Å². The number of allylic oxidation sites excluding steroid dienone is 1. The molecular weight excluding hydrogens is 332 g/mol. The monoisotopic (exact) mass is 352 g/mol. The number of aromatic nitrogens is 3. The predicted octanol–water partition coefficient (Wildman–Crippen LogP) is 3.51. The van der Waals surface area contributed by atoms with E-state index in [4.69, 9.17) is 13.9 Å². The van der Waals surface area contributed by atoms with Crippen LogP contribution in [0.4, 0.5) is 5.95 Å². The highest BCUT2D eigenvalue weighted by molar-refractivity contribution is 5.74. The zero-order valence-corrected chi connectivity index (χ0v) is 14.9. The summed E-state index contributed by atoms with van der Waals surface area (Å²) in [4.78, 5) is 4.58. The first-order valence-corrected chi connectivity index (χ1v) is 8.43. The minimum absolute atomic E-state index is 0.140. The number of ether oxygens (including phenoxy) is 2. The zero-order valence-electron chi connectivity index (χ0n) is 14.9. The van der Waals surface area contributed by atoms with E-state index in [1.54, 1.807) is 20.5 Å². The number of benzene rings is 1. The molecule has 1 aliphatic rings. The molecule has 7 nitrogen and oxygen atoms in total. The maximum atomic E-state index is 5.55. The van der Waals surface area contributed by atoms with Crippen LogP contribution in [-0.4, -0.2) is 29.0 Å². The third-order valence-electron chi connectivity index (χ3n) is 4.36. The number of fused-ring (bicyclic) bond motifs is 1. The molecule has 0 bridgehead atoms. The van der Waals surface area contributed by atoms with E-state index in [2.05, 4.69) is 21.5 Å². The largest absolute Gasteiger partial charge is 0.493 e. The lowest BCUT2D eigenvalue weighted by Crippen LogP contribution is -2.20. The van der Waals surface area contributed by atoms with E-state index in [1.165, 1.54) is 0 Å². The fraction of sp³-hybridized carbons (Fsp3) is 0.263. The highest BCUT2D eigenvalue weighted by Gasteiger charge is 2.26. The molecule has 1 unspecified atom stereocenters. The van der Waals surface area contributed by atoms with Gasteiger partial charge >= 0.3 is 0 Å². The van der Waals surface area contributed by atoms with Gasteiger partial charge in [0.2, 0.25) is 5.95 Å². The van der Waals surface area contributed by atoms with Gasteiger partial charge in [0.25, 0.3) is 0 Å².